The number of Topliss-reactive ketones (excluding diaryl/α,β-unsaturated/α-hetero) is 3. The molecule has 2 amide bonds. The number of nitrogens with zero attached hydrogens (tertiary/aromatic N) is 7. The van der Waals surface area contributed by atoms with Gasteiger partial charge in [0, 0.05) is 65.7 Å². The zero-order chi connectivity index (χ0) is 70.5. The molecule has 97 heavy (non-hydrogen) atoms. The number of hydrogen-bond donors (Lipinski definition) is 2. The van der Waals surface area contributed by atoms with Gasteiger partial charge in [0.2, 0.25) is 0 Å². The van der Waals surface area contributed by atoms with Crippen molar-refractivity contribution >= 4 is 109 Å². The minimum Gasteiger partial charge on any atom is -1.00 e. The number of amides is 2. The molecule has 10 rings (SSSR count). The highest BCUT2D eigenvalue weighted by Crippen LogP contribution is 2.33. The molecule has 0 atom stereocenters. The van der Waals surface area contributed by atoms with Gasteiger partial charge >= 0.3 is 18.5 Å². The van der Waals surface area contributed by atoms with Crippen LogP contribution in [0.4, 0.5) is 51.1 Å². The summed E-state index contributed by atoms with van der Waals surface area (Å²) in [4.78, 5) is 79.4. The highest BCUT2D eigenvalue weighted by molar-refractivity contribution is 14.1. The van der Waals surface area contributed by atoms with E-state index in [0.717, 1.165) is 107 Å². The first kappa shape index (κ1) is 77.1. The molecule has 0 bridgehead atoms. The fourth-order valence-electron chi connectivity index (χ4n) is 8.61. The maximum Gasteiger partial charge on any atom is 0.416 e. The fourth-order valence-corrected chi connectivity index (χ4v) is 9.99. The second-order valence-corrected chi connectivity index (χ2v) is 29.5. The first-order chi connectivity index (χ1) is 45.0. The second kappa shape index (κ2) is 33.4. The van der Waals surface area contributed by atoms with Crippen molar-refractivity contribution in [3.05, 3.63) is 239 Å². The third-order valence-corrected chi connectivity index (χ3v) is 16.1. The van der Waals surface area contributed by atoms with Crippen LogP contribution in [0.15, 0.2) is 163 Å². The Bertz CT molecular complexity index is 4720. The van der Waals surface area contributed by atoms with Gasteiger partial charge in [-0.15, -0.1) is 5.54 Å². The average Bonchev–Trinajstić information content (AvgIpc) is 1.09. The van der Waals surface area contributed by atoms with Crippen LogP contribution in [-0.2, 0) is 47.6 Å². The molecule has 5 heterocycles. The van der Waals surface area contributed by atoms with E-state index in [1.807, 2.05) is 61.7 Å². The molecule has 0 saturated carbocycles. The van der Waals surface area contributed by atoms with Gasteiger partial charge in [0.25, 0.3) is 11.8 Å². The smallest absolute Gasteiger partial charge is 0.416 e. The number of hydrogen-bond acceptors (Lipinski definition) is 10. The van der Waals surface area contributed by atoms with Crippen LogP contribution in [0.3, 0.4) is 0 Å². The Morgan fingerprint density at radius 1 is 0.515 bits per heavy atom. The van der Waals surface area contributed by atoms with Crippen molar-refractivity contribution in [1.82, 2.24) is 34.1 Å². The number of aromatic nitrogens is 7. The minimum atomic E-state index is -4.50. The van der Waals surface area contributed by atoms with Crippen LogP contribution in [-0.4, -0.2) is 71.3 Å². The number of imidazole rings is 2. The quantitative estimate of drug-likeness (QED) is 0.0415. The van der Waals surface area contributed by atoms with Crippen LogP contribution in [0.5, 0.6) is 0 Å². The summed E-state index contributed by atoms with van der Waals surface area (Å²) in [5, 5.41) is 4.76. The molecule has 27 heteroatoms. The van der Waals surface area contributed by atoms with Gasteiger partial charge in [-0.25, -0.2) is 19.9 Å². The molecule has 2 N–H and O–H groups in total. The summed E-state index contributed by atoms with van der Waals surface area (Å²) in [6.07, 6.45) is -7.33. The van der Waals surface area contributed by atoms with E-state index in [-0.39, 0.29) is 71.6 Å². The molecule has 0 aliphatic rings. The second-order valence-electron chi connectivity index (χ2n) is 22.7. The number of ketones is 3. The lowest BCUT2D eigenvalue weighted by atomic mass is 9.99. The van der Waals surface area contributed by atoms with Crippen LogP contribution in [0.1, 0.15) is 101 Å². The number of nitrogens with one attached hydrogen (secondary N) is 2. The summed E-state index contributed by atoms with van der Waals surface area (Å²) >= 11 is 5.46. The van der Waals surface area contributed by atoms with Crippen molar-refractivity contribution in [3.63, 3.8) is 0 Å². The zero-order valence-corrected chi connectivity index (χ0v) is 59.7. The summed E-state index contributed by atoms with van der Waals surface area (Å²) < 4.78 is 120. The molecule has 0 fully saturated rings. The van der Waals surface area contributed by atoms with Crippen molar-refractivity contribution in [2.24, 2.45) is 0 Å². The molecular weight excluding hydrogens is 1580 g/mol. The number of aryl methyl sites for hydroxylation is 3. The zero-order valence-electron chi connectivity index (χ0n) is 52.8. The monoisotopic (exact) mass is 1640 g/mol. The van der Waals surface area contributed by atoms with Crippen LogP contribution >= 0.6 is 38.5 Å². The lowest BCUT2D eigenvalue weighted by Gasteiger charge is -2.10. The van der Waals surface area contributed by atoms with Gasteiger partial charge in [0.15, 0.2) is 5.78 Å². The standard InChI is InChI=1S/C27H20F3N3O2.C19H19F3N2OSi.C14H10F3IN2O.C10H9BrN2O.HI/c1-17-3-6-21(26(35)14-23-13-22(9-10-31-23)27(28,29)30)12-20(17)7-4-19-5-8-25-24(11-19)32-16-33(25)15-18(2)34;1-13-5-6-15(11-14(13)8-10-26(2,3)4)18(25)24-17-12-16(7-9-23-17)19(20,21)22;1-8-2-3-9(6-11(8)18)13(21)20-12-7-10(4-5-19-12)14(15,16)17;1-7(14)5-13-6-12-9-4-8(11)2-3-10(9)13;/h3,5-6,8-13,16H,14-15H2,1-2H3;5-7,9,11-12H,1-4H3,(H,23,24,25);2-7H,1H3,(H,19,20,21);2-4,6H,5H2,1H3;1H/p-1. The van der Waals surface area contributed by atoms with E-state index in [1.165, 1.54) is 6.92 Å². The van der Waals surface area contributed by atoms with Crippen LogP contribution < -0.4 is 34.6 Å². The molecule has 0 saturated heterocycles. The van der Waals surface area contributed by atoms with Crippen molar-refractivity contribution in [2.45, 2.75) is 92.3 Å². The largest absolute Gasteiger partial charge is 1.00 e. The summed E-state index contributed by atoms with van der Waals surface area (Å²) in [5.74, 6) is 7.73. The Morgan fingerprint density at radius 2 is 0.959 bits per heavy atom. The molecule has 0 spiro atoms. The van der Waals surface area contributed by atoms with E-state index in [2.05, 4.69) is 117 Å². The lowest BCUT2D eigenvalue weighted by molar-refractivity contribution is -0.138. The topological polar surface area (TPSA) is 184 Å². The van der Waals surface area contributed by atoms with E-state index < -0.39 is 55.1 Å². The Hall–Kier alpha value is -8.91. The fraction of sp³-hybridized carbons (Fsp3) is 0.200. The molecule has 5 aromatic carbocycles. The van der Waals surface area contributed by atoms with Gasteiger partial charge in [-0.2, -0.15) is 39.5 Å². The molecule has 0 unspecified atom stereocenters. The Morgan fingerprint density at radius 3 is 1.45 bits per heavy atom. The third kappa shape index (κ3) is 23.1. The van der Waals surface area contributed by atoms with E-state index in [4.69, 9.17) is 0 Å². The van der Waals surface area contributed by atoms with E-state index in [0.29, 0.717) is 34.3 Å². The van der Waals surface area contributed by atoms with Gasteiger partial charge in [-0.05, 0) is 177 Å². The third-order valence-electron chi connectivity index (χ3n) is 13.5. The number of benzene rings is 5. The van der Waals surface area contributed by atoms with Gasteiger partial charge in [-0.1, -0.05) is 77.6 Å². The number of anilines is 2. The molecule has 0 aliphatic heterocycles. The summed E-state index contributed by atoms with van der Waals surface area (Å²) in [6.45, 7) is 15.7. The van der Waals surface area contributed by atoms with Crippen molar-refractivity contribution in [3.8, 4) is 23.3 Å². The number of fused-ring (bicyclic) bond motifs is 2. The molecule has 14 nitrogen and oxygen atoms in total. The first-order valence-electron chi connectivity index (χ1n) is 28.8. The molecule has 5 aromatic heterocycles. The highest BCUT2D eigenvalue weighted by Gasteiger charge is 2.33. The maximum atomic E-state index is 12.9. The van der Waals surface area contributed by atoms with Gasteiger partial charge in [-0.3, -0.25) is 29.0 Å². The molecular formula is C70H58BrF9I2N9O5Si-. The minimum absolute atomic E-state index is 0. The van der Waals surface area contributed by atoms with Crippen molar-refractivity contribution in [1.29, 1.82) is 0 Å². The SMILES string of the molecule is CC(=O)Cn1cnc2cc(Br)ccc21.CC(=O)Cn1cnc2cc(C#Cc3cc(C(=O)Cc4cc(C(F)(F)F)ccn4)ccc3C)ccc21.Cc1ccc(C(=O)Nc2cc(C(F)(F)F)ccn2)cc1C#C[Si](C)(C)C.Cc1ccc(C(=O)Nc2cc(C(F)(F)F)ccn2)cc1I.[I-]. The van der Waals surface area contributed by atoms with Gasteiger partial charge in [0.05, 0.1) is 70.9 Å². The number of halogens is 12. The predicted octanol–water partition coefficient (Wildman–Crippen LogP) is 13.7. The number of carbonyl (C=O) groups excluding carboxylic acids is 5. The number of carbonyl (C=O) groups is 5. The lowest BCUT2D eigenvalue weighted by Crippen LogP contribution is -3.00. The van der Waals surface area contributed by atoms with Crippen LogP contribution in [0.2, 0.25) is 19.6 Å². The Labute approximate surface area is 592 Å². The average molecular weight is 1640 g/mol. The predicted molar refractivity (Wildman–Crippen MR) is 363 cm³/mol. The molecule has 10 aromatic rings. The summed E-state index contributed by atoms with van der Waals surface area (Å²) in [5.41, 5.74) is 10.1. The van der Waals surface area contributed by atoms with E-state index in [1.54, 1.807) is 78.7 Å². The summed E-state index contributed by atoms with van der Waals surface area (Å²) in [6, 6.07) is 31.5. The van der Waals surface area contributed by atoms with Crippen molar-refractivity contribution < 1.29 is 87.5 Å². The molecule has 502 valence electrons. The van der Waals surface area contributed by atoms with Crippen molar-refractivity contribution in [2.75, 3.05) is 10.6 Å². The van der Waals surface area contributed by atoms with Gasteiger partial charge < -0.3 is 43.7 Å². The van der Waals surface area contributed by atoms with Crippen LogP contribution in [0, 0.1) is 47.6 Å². The summed E-state index contributed by atoms with van der Waals surface area (Å²) in [7, 11) is -1.57. The molecule has 0 aliphatic carbocycles. The number of rotatable bonds is 11. The number of alkyl halides is 9. The number of pyridine rings is 3. The van der Waals surface area contributed by atoms with Gasteiger partial charge in [0.1, 0.15) is 31.3 Å². The van der Waals surface area contributed by atoms with E-state index >= 15 is 0 Å². The Kier molecular flexibility index (Phi) is 26.5. The highest BCUT2D eigenvalue weighted by atomic mass is 127. The van der Waals surface area contributed by atoms with E-state index in [9.17, 15) is 63.5 Å². The maximum absolute atomic E-state index is 12.9. The van der Waals surface area contributed by atoms with Crippen LogP contribution in [0.25, 0.3) is 22.1 Å². The first-order valence-corrected chi connectivity index (χ1v) is 34.2. The molecule has 0 radical (unpaired) electrons. The Balaban J connectivity index is 0.000000213. The normalized spacial score (nSPS) is 11.1.